The molecule has 6 heteroatoms. The molecule has 0 saturated carbocycles. The highest BCUT2D eigenvalue weighted by atomic mass is 32.2. The van der Waals surface area contributed by atoms with Gasteiger partial charge in [0.25, 0.3) is 16.0 Å². The first kappa shape index (κ1) is 13.3. The minimum Gasteiger partial charge on any atom is -0.321 e. The number of amides is 1. The Labute approximate surface area is 110 Å². The number of nitrogens with one attached hydrogen (secondary N) is 1. The second-order valence-corrected chi connectivity index (χ2v) is 5.09. The molecule has 97 valence electrons. The second-order valence-electron chi connectivity index (χ2n) is 3.70. The summed E-state index contributed by atoms with van der Waals surface area (Å²) in [5.74, 6) is -0.629. The summed E-state index contributed by atoms with van der Waals surface area (Å²) in [5.41, 5.74) is 0.292. The van der Waals surface area contributed by atoms with Crippen molar-refractivity contribution in [1.29, 1.82) is 0 Å². The maximum atomic E-state index is 12.0. The van der Waals surface area contributed by atoms with E-state index in [4.69, 9.17) is 4.55 Å². The lowest BCUT2D eigenvalue weighted by atomic mass is 10.2. The van der Waals surface area contributed by atoms with Crippen molar-refractivity contribution < 1.29 is 17.8 Å². The summed E-state index contributed by atoms with van der Waals surface area (Å²) in [4.78, 5) is 11.5. The van der Waals surface area contributed by atoms with Crippen LogP contribution in [-0.2, 0) is 10.1 Å². The van der Waals surface area contributed by atoms with E-state index in [2.05, 4.69) is 11.4 Å². The number of carbonyl (C=O) groups is 1. The Kier molecular flexibility index (Phi) is 3.64. The number of hydrogen-bond acceptors (Lipinski definition) is 3. The molecule has 19 heavy (non-hydrogen) atoms. The Hall–Kier alpha value is -2.18. The van der Waals surface area contributed by atoms with Crippen molar-refractivity contribution in [3.8, 4) is 0 Å². The molecule has 0 aliphatic heterocycles. The summed E-state index contributed by atoms with van der Waals surface area (Å²) in [6, 6.07) is 14.9. The zero-order valence-electron chi connectivity index (χ0n) is 9.70. The molecule has 2 aromatic carbocycles. The van der Waals surface area contributed by atoms with Crippen LogP contribution >= 0.6 is 0 Å². The molecule has 0 aliphatic carbocycles. The zero-order valence-corrected chi connectivity index (χ0v) is 10.5. The maximum absolute atomic E-state index is 12.0. The Bertz CT molecular complexity index is 696. The number of hydrogen-bond donors (Lipinski definition) is 2. The molecule has 0 aromatic heterocycles. The van der Waals surface area contributed by atoms with E-state index in [1.165, 1.54) is 24.3 Å². The molecule has 0 bridgehead atoms. The standard InChI is InChI=1S/C13H10NO4S/c15-13(14-10-6-2-1-3-7-10)11-8-4-5-9-12(11)19(16,17)18/h1-6,8-9H,(H,14,15)(H,16,17,18). The summed E-state index contributed by atoms with van der Waals surface area (Å²) in [6.07, 6.45) is 0. The van der Waals surface area contributed by atoms with Gasteiger partial charge in [0.1, 0.15) is 4.90 Å². The molecule has 5 nitrogen and oxygen atoms in total. The summed E-state index contributed by atoms with van der Waals surface area (Å²) in [5, 5.41) is 2.50. The highest BCUT2D eigenvalue weighted by Crippen LogP contribution is 2.16. The largest absolute Gasteiger partial charge is 0.321 e. The maximum Gasteiger partial charge on any atom is 0.295 e. The van der Waals surface area contributed by atoms with Crippen LogP contribution in [0.25, 0.3) is 0 Å². The highest BCUT2D eigenvalue weighted by Gasteiger charge is 2.19. The third-order valence-corrected chi connectivity index (χ3v) is 3.28. The monoisotopic (exact) mass is 276 g/mol. The topological polar surface area (TPSA) is 83.5 Å². The van der Waals surface area contributed by atoms with Gasteiger partial charge in [-0.1, -0.05) is 30.3 Å². The van der Waals surface area contributed by atoms with E-state index >= 15 is 0 Å². The fourth-order valence-electron chi connectivity index (χ4n) is 1.54. The van der Waals surface area contributed by atoms with Gasteiger partial charge in [-0.15, -0.1) is 0 Å². The molecule has 0 atom stereocenters. The molecule has 0 spiro atoms. The lowest BCUT2D eigenvalue weighted by Gasteiger charge is -2.07. The molecular formula is C13H10NO4S. The predicted molar refractivity (Wildman–Crippen MR) is 69.5 cm³/mol. The van der Waals surface area contributed by atoms with Crippen LogP contribution in [0.4, 0.5) is 5.69 Å². The zero-order chi connectivity index (χ0) is 13.9. The molecule has 2 rings (SSSR count). The van der Waals surface area contributed by atoms with Gasteiger partial charge in [0.15, 0.2) is 0 Å². The Morgan fingerprint density at radius 1 is 1.11 bits per heavy atom. The van der Waals surface area contributed by atoms with Crippen molar-refractivity contribution in [3.63, 3.8) is 0 Å². The van der Waals surface area contributed by atoms with Gasteiger partial charge in [-0.3, -0.25) is 9.35 Å². The van der Waals surface area contributed by atoms with Crippen LogP contribution in [0.15, 0.2) is 53.4 Å². The first-order valence-corrected chi connectivity index (χ1v) is 6.77. The van der Waals surface area contributed by atoms with Crippen molar-refractivity contribution in [2.24, 2.45) is 0 Å². The van der Waals surface area contributed by atoms with Gasteiger partial charge in [-0.05, 0) is 18.2 Å². The van der Waals surface area contributed by atoms with E-state index < -0.39 is 20.9 Å². The smallest absolute Gasteiger partial charge is 0.295 e. The molecule has 0 saturated heterocycles. The van der Waals surface area contributed by atoms with E-state index in [0.29, 0.717) is 5.69 Å². The number of carbonyl (C=O) groups excluding carboxylic acids is 1. The normalized spacial score (nSPS) is 11.0. The summed E-state index contributed by atoms with van der Waals surface area (Å²) >= 11 is 0. The van der Waals surface area contributed by atoms with Crippen LogP contribution in [0.1, 0.15) is 10.4 Å². The lowest BCUT2D eigenvalue weighted by molar-refractivity contribution is 0.102. The SMILES string of the molecule is O=C(Nc1[c]cccc1)c1ccccc1S(=O)(=O)O. The van der Waals surface area contributed by atoms with Gasteiger partial charge in [0, 0.05) is 11.8 Å². The van der Waals surface area contributed by atoms with Gasteiger partial charge in [0.05, 0.1) is 5.56 Å². The van der Waals surface area contributed by atoms with Crippen molar-refractivity contribution in [1.82, 2.24) is 0 Å². The minimum atomic E-state index is -4.44. The van der Waals surface area contributed by atoms with E-state index in [-0.39, 0.29) is 5.56 Å². The van der Waals surface area contributed by atoms with Crippen LogP contribution in [0.2, 0.25) is 0 Å². The predicted octanol–water partition coefficient (Wildman–Crippen LogP) is 1.99. The second kappa shape index (κ2) is 5.21. The molecule has 2 aromatic rings. The van der Waals surface area contributed by atoms with Crippen molar-refractivity contribution >= 4 is 21.7 Å². The van der Waals surface area contributed by atoms with Crippen LogP contribution in [0.5, 0.6) is 0 Å². The lowest BCUT2D eigenvalue weighted by Crippen LogP contribution is -2.16. The molecule has 0 unspecified atom stereocenters. The van der Waals surface area contributed by atoms with Gasteiger partial charge in [0.2, 0.25) is 0 Å². The summed E-state index contributed by atoms with van der Waals surface area (Å²) < 4.78 is 31.4. The Morgan fingerprint density at radius 2 is 1.79 bits per heavy atom. The van der Waals surface area contributed by atoms with E-state index in [0.717, 1.165) is 0 Å². The quantitative estimate of drug-likeness (QED) is 0.840. The minimum absolute atomic E-state index is 0.123. The summed E-state index contributed by atoms with van der Waals surface area (Å²) in [7, 11) is -4.44. The molecule has 0 heterocycles. The molecular weight excluding hydrogens is 266 g/mol. The highest BCUT2D eigenvalue weighted by molar-refractivity contribution is 7.86. The summed E-state index contributed by atoms with van der Waals surface area (Å²) in [6.45, 7) is 0. The fraction of sp³-hybridized carbons (Fsp3) is 0. The number of para-hydroxylation sites is 1. The van der Waals surface area contributed by atoms with Gasteiger partial charge in [-0.2, -0.15) is 8.42 Å². The Balaban J connectivity index is 2.35. The van der Waals surface area contributed by atoms with Crippen LogP contribution in [0.3, 0.4) is 0 Å². The van der Waals surface area contributed by atoms with Gasteiger partial charge >= 0.3 is 0 Å². The number of benzene rings is 2. The third-order valence-electron chi connectivity index (χ3n) is 2.37. The van der Waals surface area contributed by atoms with Crippen LogP contribution in [0, 0.1) is 6.07 Å². The molecule has 0 aliphatic rings. The third kappa shape index (κ3) is 3.18. The number of anilines is 1. The van der Waals surface area contributed by atoms with E-state index in [9.17, 15) is 13.2 Å². The molecule has 0 fully saturated rings. The van der Waals surface area contributed by atoms with E-state index in [1.807, 2.05) is 0 Å². The molecule has 1 radical (unpaired) electrons. The average molecular weight is 276 g/mol. The van der Waals surface area contributed by atoms with Crippen molar-refractivity contribution in [2.75, 3.05) is 5.32 Å². The van der Waals surface area contributed by atoms with Gasteiger partial charge < -0.3 is 5.32 Å². The van der Waals surface area contributed by atoms with Crippen LogP contribution in [-0.4, -0.2) is 18.9 Å². The number of rotatable bonds is 3. The first-order valence-electron chi connectivity index (χ1n) is 5.33. The Morgan fingerprint density at radius 3 is 2.42 bits per heavy atom. The van der Waals surface area contributed by atoms with E-state index in [1.54, 1.807) is 24.3 Å². The fourth-order valence-corrected chi connectivity index (χ4v) is 2.23. The van der Waals surface area contributed by atoms with Gasteiger partial charge in [-0.25, -0.2) is 0 Å². The first-order chi connectivity index (χ1) is 8.98. The van der Waals surface area contributed by atoms with Crippen LogP contribution < -0.4 is 5.32 Å². The van der Waals surface area contributed by atoms with Crippen molar-refractivity contribution in [3.05, 3.63) is 60.2 Å². The van der Waals surface area contributed by atoms with Crippen molar-refractivity contribution in [2.45, 2.75) is 4.90 Å². The molecule has 1 amide bonds. The molecule has 2 N–H and O–H groups in total. The average Bonchev–Trinajstić information content (AvgIpc) is 2.39.